The van der Waals surface area contributed by atoms with Crippen molar-refractivity contribution in [3.8, 4) is 0 Å². The normalized spacial score (nSPS) is 10.7. The number of nitrogens with one attached hydrogen (secondary N) is 1. The second-order valence-electron chi connectivity index (χ2n) is 4.34. The van der Waals surface area contributed by atoms with Gasteiger partial charge < -0.3 is 0 Å². The van der Waals surface area contributed by atoms with Crippen LogP contribution in [0.1, 0.15) is 21.5 Å². The summed E-state index contributed by atoms with van der Waals surface area (Å²) in [5, 5.41) is 3.97. The number of amides is 1. The van der Waals surface area contributed by atoms with E-state index in [1.165, 1.54) is 4.90 Å². The smallest absolute Gasteiger partial charge is 0.267 e. The minimum Gasteiger partial charge on any atom is -0.267 e. The molecule has 0 spiro atoms. The fourth-order valence-corrected chi connectivity index (χ4v) is 2.11. The van der Waals surface area contributed by atoms with Crippen molar-refractivity contribution in [1.82, 2.24) is 5.43 Å². The zero-order valence-electron chi connectivity index (χ0n) is 11.5. The maximum Gasteiger partial charge on any atom is 0.271 e. The van der Waals surface area contributed by atoms with E-state index < -0.39 is 0 Å². The van der Waals surface area contributed by atoms with E-state index in [1.807, 2.05) is 55.6 Å². The quantitative estimate of drug-likeness (QED) is 0.530. The van der Waals surface area contributed by atoms with Crippen LogP contribution in [0.3, 0.4) is 0 Å². The van der Waals surface area contributed by atoms with Gasteiger partial charge in [0.15, 0.2) is 0 Å². The summed E-state index contributed by atoms with van der Waals surface area (Å²) in [5.74, 6) is -0.203. The van der Waals surface area contributed by atoms with Crippen LogP contribution in [0.2, 0.25) is 0 Å². The Morgan fingerprint density at radius 1 is 1.20 bits per heavy atom. The number of carbonyl (C=O) groups is 1. The summed E-state index contributed by atoms with van der Waals surface area (Å²) in [6, 6.07) is 15.4. The van der Waals surface area contributed by atoms with Crippen LogP contribution in [0.25, 0.3) is 0 Å². The van der Waals surface area contributed by atoms with Gasteiger partial charge in [-0.15, -0.1) is 11.8 Å². The molecule has 2 rings (SSSR count). The number of benzene rings is 2. The SMILES string of the molecule is CSc1ccc(/C=N/NC(=O)c2cccc(C)c2)cc1. The summed E-state index contributed by atoms with van der Waals surface area (Å²) in [6.07, 6.45) is 3.67. The van der Waals surface area contributed by atoms with Crippen LogP contribution >= 0.6 is 11.8 Å². The molecule has 0 aliphatic rings. The third-order valence-electron chi connectivity index (χ3n) is 2.78. The first-order valence-electron chi connectivity index (χ1n) is 6.23. The second kappa shape index (κ2) is 6.91. The highest BCUT2D eigenvalue weighted by Crippen LogP contribution is 2.13. The molecule has 20 heavy (non-hydrogen) atoms. The third kappa shape index (κ3) is 3.96. The Morgan fingerprint density at radius 2 is 1.95 bits per heavy atom. The van der Waals surface area contributed by atoms with Crippen LogP contribution in [0.5, 0.6) is 0 Å². The van der Waals surface area contributed by atoms with Gasteiger partial charge in [0, 0.05) is 10.5 Å². The van der Waals surface area contributed by atoms with Crippen molar-refractivity contribution in [2.45, 2.75) is 11.8 Å². The van der Waals surface area contributed by atoms with E-state index in [0.717, 1.165) is 11.1 Å². The zero-order valence-corrected chi connectivity index (χ0v) is 12.3. The van der Waals surface area contributed by atoms with Crippen molar-refractivity contribution in [1.29, 1.82) is 0 Å². The number of hydrogen-bond donors (Lipinski definition) is 1. The fourth-order valence-electron chi connectivity index (χ4n) is 1.71. The molecule has 1 amide bonds. The highest BCUT2D eigenvalue weighted by Gasteiger charge is 2.02. The molecule has 0 atom stereocenters. The highest BCUT2D eigenvalue weighted by molar-refractivity contribution is 7.98. The molecule has 0 aromatic heterocycles. The lowest BCUT2D eigenvalue weighted by Gasteiger charge is -2.01. The Labute approximate surface area is 123 Å². The summed E-state index contributed by atoms with van der Waals surface area (Å²) in [5.41, 5.74) is 5.14. The van der Waals surface area contributed by atoms with Gasteiger partial charge in [-0.2, -0.15) is 5.10 Å². The van der Waals surface area contributed by atoms with E-state index in [1.54, 1.807) is 24.0 Å². The van der Waals surface area contributed by atoms with Crippen LogP contribution in [-0.2, 0) is 0 Å². The fraction of sp³-hybridized carbons (Fsp3) is 0.125. The molecule has 0 bridgehead atoms. The van der Waals surface area contributed by atoms with Crippen molar-refractivity contribution in [3.63, 3.8) is 0 Å². The van der Waals surface area contributed by atoms with Crippen molar-refractivity contribution in [2.24, 2.45) is 5.10 Å². The Kier molecular flexibility index (Phi) is 4.96. The monoisotopic (exact) mass is 284 g/mol. The van der Waals surface area contributed by atoms with Gasteiger partial charge in [-0.1, -0.05) is 29.8 Å². The maximum absolute atomic E-state index is 11.9. The highest BCUT2D eigenvalue weighted by atomic mass is 32.2. The van der Waals surface area contributed by atoms with Crippen LogP contribution in [0.15, 0.2) is 58.5 Å². The van der Waals surface area contributed by atoms with Gasteiger partial charge in [-0.05, 0) is 43.0 Å². The number of hydrazone groups is 1. The Bertz CT molecular complexity index is 621. The lowest BCUT2D eigenvalue weighted by atomic mass is 10.1. The molecule has 0 aliphatic heterocycles. The predicted octanol–water partition coefficient (Wildman–Crippen LogP) is 3.48. The summed E-state index contributed by atoms with van der Waals surface area (Å²) in [6.45, 7) is 1.95. The lowest BCUT2D eigenvalue weighted by molar-refractivity contribution is 0.0955. The number of thioether (sulfide) groups is 1. The molecule has 0 saturated carbocycles. The van der Waals surface area contributed by atoms with Gasteiger partial charge in [0.25, 0.3) is 5.91 Å². The standard InChI is InChI=1S/C16H16N2OS/c1-12-4-3-5-14(10-12)16(19)18-17-11-13-6-8-15(20-2)9-7-13/h3-11H,1-2H3,(H,18,19)/b17-11+. The first-order valence-corrected chi connectivity index (χ1v) is 7.45. The molecule has 3 nitrogen and oxygen atoms in total. The number of nitrogens with zero attached hydrogens (tertiary/aromatic N) is 1. The molecular formula is C16H16N2OS. The molecule has 102 valence electrons. The summed E-state index contributed by atoms with van der Waals surface area (Å²) >= 11 is 1.69. The van der Waals surface area contributed by atoms with Crippen LogP contribution in [-0.4, -0.2) is 18.4 Å². The number of rotatable bonds is 4. The number of carbonyl (C=O) groups excluding carboxylic acids is 1. The van der Waals surface area contributed by atoms with Gasteiger partial charge in [-0.3, -0.25) is 4.79 Å². The Balaban J connectivity index is 1.97. The average molecular weight is 284 g/mol. The van der Waals surface area contributed by atoms with Crippen molar-refractivity contribution >= 4 is 23.9 Å². The van der Waals surface area contributed by atoms with Gasteiger partial charge in [-0.25, -0.2) is 5.43 Å². The molecule has 0 saturated heterocycles. The molecule has 2 aromatic rings. The number of hydrogen-bond acceptors (Lipinski definition) is 3. The van der Waals surface area contributed by atoms with E-state index >= 15 is 0 Å². The molecule has 0 fully saturated rings. The number of aryl methyl sites for hydroxylation is 1. The summed E-state index contributed by atoms with van der Waals surface area (Å²) in [7, 11) is 0. The first-order chi connectivity index (χ1) is 9.69. The van der Waals surface area contributed by atoms with E-state index in [0.29, 0.717) is 5.56 Å². The van der Waals surface area contributed by atoms with E-state index in [-0.39, 0.29) is 5.91 Å². The van der Waals surface area contributed by atoms with Crippen molar-refractivity contribution in [3.05, 3.63) is 65.2 Å². The topological polar surface area (TPSA) is 41.5 Å². The third-order valence-corrected chi connectivity index (χ3v) is 3.52. The van der Waals surface area contributed by atoms with Gasteiger partial charge in [0.1, 0.15) is 0 Å². The molecule has 0 radical (unpaired) electrons. The van der Waals surface area contributed by atoms with Gasteiger partial charge >= 0.3 is 0 Å². The van der Waals surface area contributed by atoms with Crippen LogP contribution in [0, 0.1) is 6.92 Å². The largest absolute Gasteiger partial charge is 0.271 e. The summed E-state index contributed by atoms with van der Waals surface area (Å²) in [4.78, 5) is 13.1. The lowest BCUT2D eigenvalue weighted by Crippen LogP contribution is -2.17. The zero-order chi connectivity index (χ0) is 14.4. The molecule has 4 heteroatoms. The van der Waals surface area contributed by atoms with E-state index in [4.69, 9.17) is 0 Å². The molecule has 2 aromatic carbocycles. The average Bonchev–Trinajstić information content (AvgIpc) is 2.48. The minimum absolute atomic E-state index is 0.203. The van der Waals surface area contributed by atoms with Gasteiger partial charge in [0.05, 0.1) is 6.21 Å². The molecule has 0 aliphatic carbocycles. The minimum atomic E-state index is -0.203. The van der Waals surface area contributed by atoms with Crippen LogP contribution in [0.4, 0.5) is 0 Å². The molecular weight excluding hydrogens is 268 g/mol. The molecule has 0 heterocycles. The van der Waals surface area contributed by atoms with E-state index in [2.05, 4.69) is 10.5 Å². The van der Waals surface area contributed by atoms with Crippen LogP contribution < -0.4 is 5.43 Å². The predicted molar refractivity (Wildman–Crippen MR) is 84.5 cm³/mol. The second-order valence-corrected chi connectivity index (χ2v) is 5.22. The summed E-state index contributed by atoms with van der Waals surface area (Å²) < 4.78 is 0. The Morgan fingerprint density at radius 3 is 2.60 bits per heavy atom. The Hall–Kier alpha value is -2.07. The van der Waals surface area contributed by atoms with Crippen molar-refractivity contribution in [2.75, 3.05) is 6.26 Å². The maximum atomic E-state index is 11.9. The van der Waals surface area contributed by atoms with E-state index in [9.17, 15) is 4.79 Å². The first kappa shape index (κ1) is 14.3. The van der Waals surface area contributed by atoms with Crippen molar-refractivity contribution < 1.29 is 4.79 Å². The molecule has 1 N–H and O–H groups in total. The van der Waals surface area contributed by atoms with Gasteiger partial charge in [0.2, 0.25) is 0 Å². The molecule has 0 unspecified atom stereocenters.